The number of hydrogen-bond donors (Lipinski definition) is 2. The second-order valence-corrected chi connectivity index (χ2v) is 12.7. The first-order valence-electron chi connectivity index (χ1n) is 14.2. The van der Waals surface area contributed by atoms with Crippen molar-refractivity contribution in [3.8, 4) is 17.2 Å². The number of aliphatic hydroxyl groups excluding tert-OH is 1. The van der Waals surface area contributed by atoms with Gasteiger partial charge in [0.25, 0.3) is 0 Å². The van der Waals surface area contributed by atoms with Crippen LogP contribution in [0.15, 0.2) is 24.3 Å². The van der Waals surface area contributed by atoms with Gasteiger partial charge in [-0.3, -0.25) is 14.4 Å². The second kappa shape index (κ2) is 11.6. The zero-order valence-electron chi connectivity index (χ0n) is 23.9. The topological polar surface area (TPSA) is 147 Å². The van der Waals surface area contributed by atoms with Gasteiger partial charge in [-0.2, -0.15) is 0 Å². The minimum Gasteiger partial charge on any atom is -0.507 e. The molecule has 2 aromatic rings. The summed E-state index contributed by atoms with van der Waals surface area (Å²) in [5.74, 6) is -1.93. The molecular formula is C31H33BrO11. The maximum atomic E-state index is 13.5. The highest BCUT2D eigenvalue weighted by molar-refractivity contribution is 9.09. The highest BCUT2D eigenvalue weighted by Gasteiger charge is 2.57. The van der Waals surface area contributed by atoms with E-state index in [1.54, 1.807) is 13.0 Å². The fourth-order valence-electron chi connectivity index (χ4n) is 7.08. The highest BCUT2D eigenvalue weighted by atomic mass is 79.9. The van der Waals surface area contributed by atoms with E-state index in [1.165, 1.54) is 13.8 Å². The van der Waals surface area contributed by atoms with Gasteiger partial charge in [0.1, 0.15) is 24.6 Å². The molecule has 3 aliphatic heterocycles. The first-order valence-corrected chi connectivity index (χ1v) is 15.1. The second-order valence-electron chi connectivity index (χ2n) is 11.5. The van der Waals surface area contributed by atoms with Crippen molar-refractivity contribution < 1.29 is 53.0 Å². The van der Waals surface area contributed by atoms with E-state index >= 15 is 0 Å². The molecule has 12 heteroatoms. The molecule has 8 unspecified atom stereocenters. The van der Waals surface area contributed by atoms with E-state index in [-0.39, 0.29) is 55.0 Å². The van der Waals surface area contributed by atoms with Crippen molar-refractivity contribution in [1.29, 1.82) is 0 Å². The van der Waals surface area contributed by atoms with E-state index in [0.717, 1.165) is 16.7 Å². The minimum absolute atomic E-state index is 0.00952. The number of aliphatic hydroxyl groups is 1. The van der Waals surface area contributed by atoms with Gasteiger partial charge in [-0.25, -0.2) is 0 Å². The summed E-state index contributed by atoms with van der Waals surface area (Å²) in [5.41, 5.74) is 3.41. The number of cyclic esters (lactones) is 1. The van der Waals surface area contributed by atoms with Gasteiger partial charge in [0, 0.05) is 48.4 Å². The number of halogens is 1. The van der Waals surface area contributed by atoms with Gasteiger partial charge in [-0.05, 0) is 47.4 Å². The Balaban J connectivity index is 1.48. The first-order chi connectivity index (χ1) is 20.6. The number of aryl methyl sites for hydroxylation is 1. The number of rotatable bonds is 6. The molecular weight excluding hydrogens is 628 g/mol. The molecule has 0 radical (unpaired) electrons. The Labute approximate surface area is 256 Å². The van der Waals surface area contributed by atoms with Gasteiger partial charge < -0.3 is 38.6 Å². The number of benzene rings is 2. The summed E-state index contributed by atoms with van der Waals surface area (Å²) in [6.07, 6.45) is -1.52. The third-order valence-electron chi connectivity index (χ3n) is 8.86. The standard InChI is InChI=1S/C31H33BrO11/c1-13-4-16(5-17(9-33)29(13)36)26-18-6-22-23(41-12-40-22)7-19(18)27(20-10-39-31(37)28(20)26)30-21(32)8-24(42-15(3)35)25(43-30)11-38-14(2)34/h4-7,20-21,24-28,30,33,36H,8-12H2,1-3H3. The lowest BCUT2D eigenvalue weighted by molar-refractivity contribution is -0.183. The molecule has 3 heterocycles. The van der Waals surface area contributed by atoms with Crippen LogP contribution in [0.1, 0.15) is 59.9 Å². The van der Waals surface area contributed by atoms with Crippen molar-refractivity contribution >= 4 is 33.8 Å². The van der Waals surface area contributed by atoms with Gasteiger partial charge >= 0.3 is 17.9 Å². The van der Waals surface area contributed by atoms with Crippen LogP contribution in [0.2, 0.25) is 0 Å². The molecule has 43 heavy (non-hydrogen) atoms. The normalized spacial score (nSPS) is 30.7. The van der Waals surface area contributed by atoms with E-state index in [1.807, 2.05) is 18.2 Å². The molecule has 1 aliphatic carbocycles. The van der Waals surface area contributed by atoms with E-state index in [0.29, 0.717) is 29.0 Å². The summed E-state index contributed by atoms with van der Waals surface area (Å²) < 4.78 is 34.7. The molecule has 11 nitrogen and oxygen atoms in total. The number of carbonyl (C=O) groups excluding carboxylic acids is 3. The van der Waals surface area contributed by atoms with Crippen molar-refractivity contribution in [1.82, 2.24) is 0 Å². The smallest absolute Gasteiger partial charge is 0.310 e. The summed E-state index contributed by atoms with van der Waals surface area (Å²) in [6, 6.07) is 7.38. The summed E-state index contributed by atoms with van der Waals surface area (Å²) in [5, 5.41) is 20.5. The predicted molar refractivity (Wildman–Crippen MR) is 152 cm³/mol. The van der Waals surface area contributed by atoms with Crippen molar-refractivity contribution in [3.05, 3.63) is 52.1 Å². The Morgan fingerprint density at radius 3 is 2.42 bits per heavy atom. The number of phenols is 1. The number of fused-ring (bicyclic) bond motifs is 3. The van der Waals surface area contributed by atoms with Crippen LogP contribution in [0.4, 0.5) is 0 Å². The van der Waals surface area contributed by atoms with Crippen molar-refractivity contribution in [2.75, 3.05) is 20.0 Å². The van der Waals surface area contributed by atoms with Crippen LogP contribution in [-0.2, 0) is 39.9 Å². The first kappa shape index (κ1) is 29.7. The maximum absolute atomic E-state index is 13.5. The number of ether oxygens (including phenoxy) is 6. The molecule has 8 atom stereocenters. The van der Waals surface area contributed by atoms with Crippen LogP contribution in [-0.4, -0.2) is 71.3 Å². The van der Waals surface area contributed by atoms with E-state index in [2.05, 4.69) is 15.9 Å². The number of aromatic hydroxyl groups is 1. The number of hydrogen-bond acceptors (Lipinski definition) is 11. The molecule has 4 aliphatic rings. The summed E-state index contributed by atoms with van der Waals surface area (Å²) in [4.78, 5) is 36.8. The maximum Gasteiger partial charge on any atom is 0.310 e. The fourth-order valence-corrected chi connectivity index (χ4v) is 7.91. The molecule has 0 amide bonds. The number of alkyl halides is 1. The Bertz CT molecular complexity index is 1460. The summed E-state index contributed by atoms with van der Waals surface area (Å²) in [7, 11) is 0. The molecule has 0 aromatic heterocycles. The van der Waals surface area contributed by atoms with E-state index in [4.69, 9.17) is 28.4 Å². The molecule has 0 bridgehead atoms. The average Bonchev–Trinajstić information content (AvgIpc) is 3.57. The lowest BCUT2D eigenvalue weighted by atomic mass is 9.60. The van der Waals surface area contributed by atoms with Gasteiger partial charge in [0.15, 0.2) is 11.5 Å². The third kappa shape index (κ3) is 5.33. The van der Waals surface area contributed by atoms with Gasteiger partial charge in [-0.1, -0.05) is 22.0 Å². The molecule has 0 saturated carbocycles. The van der Waals surface area contributed by atoms with Crippen LogP contribution < -0.4 is 9.47 Å². The van der Waals surface area contributed by atoms with Crippen LogP contribution in [0.5, 0.6) is 17.2 Å². The zero-order valence-corrected chi connectivity index (χ0v) is 25.5. The van der Waals surface area contributed by atoms with Crippen LogP contribution >= 0.6 is 15.9 Å². The van der Waals surface area contributed by atoms with Crippen molar-refractivity contribution in [2.45, 2.75) is 68.8 Å². The summed E-state index contributed by atoms with van der Waals surface area (Å²) >= 11 is 3.79. The average molecular weight is 661 g/mol. The predicted octanol–water partition coefficient (Wildman–Crippen LogP) is 3.36. The Kier molecular flexibility index (Phi) is 8.03. The van der Waals surface area contributed by atoms with E-state index in [9.17, 15) is 24.6 Å². The van der Waals surface area contributed by atoms with Crippen LogP contribution in [0.3, 0.4) is 0 Å². The molecule has 6 rings (SSSR count). The van der Waals surface area contributed by atoms with Gasteiger partial charge in [0.05, 0.1) is 25.2 Å². The largest absolute Gasteiger partial charge is 0.507 e. The molecule has 230 valence electrons. The van der Waals surface area contributed by atoms with Gasteiger partial charge in [-0.15, -0.1) is 0 Å². The van der Waals surface area contributed by atoms with Crippen molar-refractivity contribution in [3.63, 3.8) is 0 Å². The third-order valence-corrected chi connectivity index (χ3v) is 9.75. The Morgan fingerprint density at radius 2 is 1.74 bits per heavy atom. The number of esters is 3. The molecule has 2 fully saturated rings. The zero-order chi connectivity index (χ0) is 30.6. The fraction of sp³-hybridized carbons (Fsp3) is 0.516. The monoisotopic (exact) mass is 660 g/mol. The Hall–Kier alpha value is -3.35. The lowest BCUT2D eigenvalue weighted by Gasteiger charge is -2.47. The van der Waals surface area contributed by atoms with Gasteiger partial charge in [0.2, 0.25) is 6.79 Å². The van der Waals surface area contributed by atoms with Crippen molar-refractivity contribution in [2.24, 2.45) is 11.8 Å². The Morgan fingerprint density at radius 1 is 1.02 bits per heavy atom. The highest BCUT2D eigenvalue weighted by Crippen LogP contribution is 2.58. The summed E-state index contributed by atoms with van der Waals surface area (Å²) in [6.45, 7) is 4.12. The molecule has 2 N–H and O–H groups in total. The SMILES string of the molecule is CC(=O)OCC1OC(C2c3cc4c(cc3C(c3cc(C)c(O)c(CO)c3)C3C(=O)OCC32)OCO4)C(Br)CC1OC(C)=O. The minimum atomic E-state index is -0.731. The molecule has 2 saturated heterocycles. The lowest BCUT2D eigenvalue weighted by Crippen LogP contribution is -2.53. The quantitative estimate of drug-likeness (QED) is 0.267. The molecule has 2 aromatic carbocycles. The van der Waals surface area contributed by atoms with Crippen LogP contribution in [0, 0.1) is 18.8 Å². The van der Waals surface area contributed by atoms with Crippen LogP contribution in [0.25, 0.3) is 0 Å². The van der Waals surface area contributed by atoms with E-state index < -0.39 is 42.1 Å². The molecule has 0 spiro atoms. The number of carbonyl (C=O) groups is 3.